The van der Waals surface area contributed by atoms with E-state index in [1.807, 2.05) is 30.0 Å². The lowest BCUT2D eigenvalue weighted by Gasteiger charge is -2.39. The molecule has 0 radical (unpaired) electrons. The molecule has 0 unspecified atom stereocenters. The van der Waals surface area contributed by atoms with Gasteiger partial charge in [0.15, 0.2) is 0 Å². The maximum absolute atomic E-state index is 13.2. The summed E-state index contributed by atoms with van der Waals surface area (Å²) in [5, 5.41) is 5.62. The summed E-state index contributed by atoms with van der Waals surface area (Å²) in [5.41, 5.74) is 4.03. The summed E-state index contributed by atoms with van der Waals surface area (Å²) in [7, 11) is 1.42. The largest absolute Gasteiger partial charge is 0.494 e. The molecular weight excluding hydrogens is 574 g/mol. The average Bonchev–Trinajstić information content (AvgIpc) is 3.74. The second-order valence-corrected chi connectivity index (χ2v) is 12.7. The van der Waals surface area contributed by atoms with Gasteiger partial charge in [-0.05, 0) is 99.0 Å². The van der Waals surface area contributed by atoms with Crippen molar-refractivity contribution in [1.29, 1.82) is 0 Å². The molecule has 45 heavy (non-hydrogen) atoms. The van der Waals surface area contributed by atoms with E-state index >= 15 is 0 Å². The number of nitrogens with zero attached hydrogens (tertiary/aromatic N) is 3. The Bertz CT molecular complexity index is 1450. The number of esters is 1. The standard InChI is InChI=1S/C34H43N5O6/c1-3-45-29-19-28(32(42)44-2)27(23-4-5-23)18-25(29)21-37-14-10-34(11-15-37)20-30(40)39(22-34)26-8-6-24(7-9-26)31(41)35-12-16-38-17-13-36-33(38)43/h6-9,18-19,23H,3-5,10-17,20-22H2,1-2H3,(H,35,41)(H,36,43). The molecule has 2 aromatic carbocycles. The van der Waals surface area contributed by atoms with Crippen LogP contribution in [0.1, 0.15) is 76.8 Å². The van der Waals surface area contributed by atoms with Gasteiger partial charge in [-0.2, -0.15) is 0 Å². The van der Waals surface area contributed by atoms with Gasteiger partial charge in [0, 0.05) is 62.5 Å². The zero-order valence-electron chi connectivity index (χ0n) is 26.2. The molecule has 1 saturated carbocycles. The van der Waals surface area contributed by atoms with E-state index in [1.165, 1.54) is 7.11 Å². The molecule has 0 atom stereocenters. The Hall–Kier alpha value is -4.12. The normalized spacial score (nSPS) is 19.6. The van der Waals surface area contributed by atoms with Crippen molar-refractivity contribution in [3.05, 3.63) is 58.7 Å². The number of benzene rings is 2. The van der Waals surface area contributed by atoms with Crippen molar-refractivity contribution in [2.45, 2.75) is 51.5 Å². The number of hydrogen-bond acceptors (Lipinski definition) is 7. The van der Waals surface area contributed by atoms with Gasteiger partial charge in [-0.25, -0.2) is 9.59 Å². The number of anilines is 1. The molecule has 3 heterocycles. The molecule has 11 nitrogen and oxygen atoms in total. The summed E-state index contributed by atoms with van der Waals surface area (Å²) in [6, 6.07) is 11.1. The highest BCUT2D eigenvalue weighted by Gasteiger charge is 2.45. The van der Waals surface area contributed by atoms with Crippen LogP contribution in [0.25, 0.3) is 0 Å². The van der Waals surface area contributed by atoms with Crippen LogP contribution in [0.15, 0.2) is 36.4 Å². The van der Waals surface area contributed by atoms with E-state index in [9.17, 15) is 19.2 Å². The highest BCUT2D eigenvalue weighted by molar-refractivity contribution is 5.98. The quantitative estimate of drug-likeness (QED) is 0.370. The second-order valence-electron chi connectivity index (χ2n) is 12.7. The molecular formula is C34H43N5O6. The minimum atomic E-state index is -0.317. The molecule has 1 aliphatic carbocycles. The smallest absolute Gasteiger partial charge is 0.338 e. The first-order valence-electron chi connectivity index (χ1n) is 16.1. The van der Waals surface area contributed by atoms with Gasteiger partial charge in [-0.15, -0.1) is 0 Å². The molecule has 11 heteroatoms. The summed E-state index contributed by atoms with van der Waals surface area (Å²) in [6.07, 6.45) is 4.54. The zero-order valence-corrected chi connectivity index (χ0v) is 26.2. The van der Waals surface area contributed by atoms with Crippen LogP contribution in [0.5, 0.6) is 5.75 Å². The van der Waals surface area contributed by atoms with E-state index < -0.39 is 0 Å². The number of hydrogen-bond donors (Lipinski definition) is 2. The van der Waals surface area contributed by atoms with Crippen LogP contribution >= 0.6 is 0 Å². The van der Waals surface area contributed by atoms with Gasteiger partial charge >= 0.3 is 12.0 Å². The Kier molecular flexibility index (Phi) is 8.98. The van der Waals surface area contributed by atoms with Gasteiger partial charge in [0.05, 0.1) is 19.3 Å². The van der Waals surface area contributed by atoms with E-state index in [0.717, 1.165) is 67.9 Å². The molecule has 3 aliphatic heterocycles. The van der Waals surface area contributed by atoms with Crippen LogP contribution in [0.4, 0.5) is 10.5 Å². The maximum Gasteiger partial charge on any atom is 0.338 e. The molecule has 4 aliphatic rings. The van der Waals surface area contributed by atoms with Crippen LogP contribution in [-0.2, 0) is 16.1 Å². The highest BCUT2D eigenvalue weighted by Crippen LogP contribution is 2.45. The number of urea groups is 1. The van der Waals surface area contributed by atoms with Crippen LogP contribution < -0.4 is 20.3 Å². The lowest BCUT2D eigenvalue weighted by molar-refractivity contribution is -0.118. The Morgan fingerprint density at radius 2 is 1.82 bits per heavy atom. The van der Waals surface area contributed by atoms with Crippen molar-refractivity contribution >= 4 is 29.5 Å². The fourth-order valence-corrected chi connectivity index (χ4v) is 6.89. The van der Waals surface area contributed by atoms with Gasteiger partial charge in [-0.3, -0.25) is 14.5 Å². The predicted molar refractivity (Wildman–Crippen MR) is 169 cm³/mol. The minimum Gasteiger partial charge on any atom is -0.494 e. The van der Waals surface area contributed by atoms with Crippen LogP contribution in [0, 0.1) is 5.41 Å². The Morgan fingerprint density at radius 1 is 1.07 bits per heavy atom. The molecule has 4 amide bonds. The van der Waals surface area contributed by atoms with Crippen molar-refractivity contribution in [2.24, 2.45) is 5.41 Å². The monoisotopic (exact) mass is 617 g/mol. The lowest BCUT2D eigenvalue weighted by atomic mass is 9.77. The fraction of sp³-hybridized carbons (Fsp3) is 0.529. The Morgan fingerprint density at radius 3 is 2.47 bits per heavy atom. The zero-order chi connectivity index (χ0) is 31.6. The summed E-state index contributed by atoms with van der Waals surface area (Å²) in [5.74, 6) is 0.745. The topological polar surface area (TPSA) is 121 Å². The lowest BCUT2D eigenvalue weighted by Crippen LogP contribution is -2.41. The number of piperidine rings is 1. The molecule has 240 valence electrons. The maximum atomic E-state index is 13.2. The van der Waals surface area contributed by atoms with Crippen molar-refractivity contribution in [2.75, 3.05) is 64.4 Å². The summed E-state index contributed by atoms with van der Waals surface area (Å²) >= 11 is 0. The third-order valence-electron chi connectivity index (χ3n) is 9.64. The van der Waals surface area contributed by atoms with E-state index in [0.29, 0.717) is 62.8 Å². The van der Waals surface area contributed by atoms with Crippen LogP contribution in [0.3, 0.4) is 0 Å². The molecule has 4 fully saturated rings. The first-order valence-corrected chi connectivity index (χ1v) is 16.1. The first kappa shape index (κ1) is 30.9. The number of methoxy groups -OCH3 is 1. The number of amides is 4. The summed E-state index contributed by atoms with van der Waals surface area (Å²) < 4.78 is 11.0. The van der Waals surface area contributed by atoms with E-state index in [2.05, 4.69) is 21.6 Å². The van der Waals surface area contributed by atoms with Gasteiger partial charge in [-0.1, -0.05) is 0 Å². The van der Waals surface area contributed by atoms with Crippen molar-refractivity contribution in [3.63, 3.8) is 0 Å². The van der Waals surface area contributed by atoms with Gasteiger partial charge in [0.25, 0.3) is 5.91 Å². The SMILES string of the molecule is CCOc1cc(C(=O)OC)c(C2CC2)cc1CN1CCC2(CC1)CC(=O)N(c1ccc(C(=O)NCCN3CCNC3=O)cc1)C2. The van der Waals surface area contributed by atoms with Gasteiger partial charge < -0.3 is 29.9 Å². The van der Waals surface area contributed by atoms with Crippen molar-refractivity contribution in [1.82, 2.24) is 20.4 Å². The van der Waals surface area contributed by atoms with Crippen LogP contribution in [-0.4, -0.2) is 93.1 Å². The number of nitrogens with one attached hydrogen (secondary N) is 2. The third kappa shape index (κ3) is 6.78. The van der Waals surface area contributed by atoms with E-state index in [-0.39, 0.29) is 29.2 Å². The molecule has 2 N–H and O–H groups in total. The third-order valence-corrected chi connectivity index (χ3v) is 9.64. The molecule has 6 rings (SSSR count). The van der Waals surface area contributed by atoms with Crippen LogP contribution in [0.2, 0.25) is 0 Å². The predicted octanol–water partition coefficient (Wildman–Crippen LogP) is 3.52. The van der Waals surface area contributed by atoms with Gasteiger partial charge in [0.1, 0.15) is 5.75 Å². The highest BCUT2D eigenvalue weighted by atomic mass is 16.5. The number of carbonyl (C=O) groups excluding carboxylic acids is 4. The van der Waals surface area contributed by atoms with Crippen molar-refractivity contribution < 1.29 is 28.7 Å². The number of carbonyl (C=O) groups is 4. The van der Waals surface area contributed by atoms with Crippen molar-refractivity contribution in [3.8, 4) is 5.75 Å². The Labute approximate surface area is 264 Å². The van der Waals surface area contributed by atoms with E-state index in [4.69, 9.17) is 9.47 Å². The minimum absolute atomic E-state index is 0.0673. The average molecular weight is 618 g/mol. The molecule has 1 spiro atoms. The van der Waals surface area contributed by atoms with Gasteiger partial charge in [0.2, 0.25) is 5.91 Å². The Balaban J connectivity index is 1.05. The summed E-state index contributed by atoms with van der Waals surface area (Å²) in [6.45, 7) is 7.76. The molecule has 0 aromatic heterocycles. The number of likely N-dealkylation sites (tertiary alicyclic amines) is 1. The molecule has 3 saturated heterocycles. The molecule has 0 bridgehead atoms. The van der Waals surface area contributed by atoms with E-state index in [1.54, 1.807) is 17.0 Å². The number of ether oxygens (including phenoxy) is 2. The fourth-order valence-electron chi connectivity index (χ4n) is 6.89. The first-order chi connectivity index (χ1) is 21.8. The summed E-state index contributed by atoms with van der Waals surface area (Å²) in [4.78, 5) is 56.0. The second kappa shape index (κ2) is 13.1. The number of rotatable bonds is 11. The molecule has 2 aromatic rings.